The average Bonchev–Trinajstić information content (AvgIpc) is 3.22. The first-order valence-corrected chi connectivity index (χ1v) is 10.6. The maximum atomic E-state index is 12.1. The smallest absolute Gasteiger partial charge is 0.325 e. The lowest BCUT2D eigenvalue weighted by molar-refractivity contribution is -0.147. The van der Waals surface area contributed by atoms with Gasteiger partial charge in [-0.2, -0.15) is 0 Å². The van der Waals surface area contributed by atoms with E-state index in [1.807, 2.05) is 18.2 Å². The van der Waals surface area contributed by atoms with Gasteiger partial charge in [0.2, 0.25) is 5.91 Å². The minimum Gasteiger partial charge on any atom is -0.454 e. The van der Waals surface area contributed by atoms with Gasteiger partial charge in [0.05, 0.1) is 17.1 Å². The Morgan fingerprint density at radius 3 is 2.44 bits per heavy atom. The molecule has 3 amide bonds. The Hall–Kier alpha value is -3.10. The standard InChI is InChI=1S/C22H21Cl2N3O5/c23-15-5-7-17(18(24)9-15)22(31)26-10-19(28)25-11-21(30)32-12-20(29)27-16-6-4-13-2-1-3-14(13)8-16/h4-9H,1-3,10-12H2,(H,25,28)(H,26,31)(H,27,29). The second-order valence-corrected chi connectivity index (χ2v) is 7.97. The highest BCUT2D eigenvalue weighted by atomic mass is 35.5. The second kappa shape index (κ2) is 11.0. The fraction of sp³-hybridized carbons (Fsp3) is 0.273. The van der Waals surface area contributed by atoms with E-state index in [4.69, 9.17) is 27.9 Å². The first kappa shape index (κ1) is 23.6. The van der Waals surface area contributed by atoms with Gasteiger partial charge in [0.25, 0.3) is 11.8 Å². The van der Waals surface area contributed by atoms with Crippen molar-refractivity contribution < 1.29 is 23.9 Å². The number of benzene rings is 2. The van der Waals surface area contributed by atoms with Crippen molar-refractivity contribution in [2.24, 2.45) is 0 Å². The van der Waals surface area contributed by atoms with Crippen LogP contribution < -0.4 is 16.0 Å². The average molecular weight is 478 g/mol. The SMILES string of the molecule is O=C(CNC(=O)c1ccc(Cl)cc1Cl)NCC(=O)OCC(=O)Nc1ccc2c(c1)CCC2. The van der Waals surface area contributed by atoms with Crippen LogP contribution in [-0.2, 0) is 32.0 Å². The molecule has 10 heteroatoms. The number of aryl methyl sites for hydroxylation is 2. The van der Waals surface area contributed by atoms with Crippen LogP contribution in [0.25, 0.3) is 0 Å². The van der Waals surface area contributed by atoms with Crippen LogP contribution in [0.4, 0.5) is 5.69 Å². The summed E-state index contributed by atoms with van der Waals surface area (Å²) in [5.74, 6) is -2.43. The molecule has 0 radical (unpaired) electrons. The molecule has 1 aliphatic rings. The summed E-state index contributed by atoms with van der Waals surface area (Å²) in [6, 6.07) is 10.1. The van der Waals surface area contributed by atoms with Gasteiger partial charge in [-0.05, 0) is 60.7 Å². The number of anilines is 1. The van der Waals surface area contributed by atoms with E-state index >= 15 is 0 Å². The van der Waals surface area contributed by atoms with Gasteiger partial charge in [-0.25, -0.2) is 0 Å². The number of fused-ring (bicyclic) bond motifs is 1. The Morgan fingerprint density at radius 1 is 0.875 bits per heavy atom. The van der Waals surface area contributed by atoms with E-state index in [2.05, 4.69) is 16.0 Å². The molecule has 0 aromatic heterocycles. The Kier molecular flexibility index (Phi) is 8.08. The van der Waals surface area contributed by atoms with Crippen molar-refractivity contribution in [3.63, 3.8) is 0 Å². The molecule has 8 nitrogen and oxygen atoms in total. The third kappa shape index (κ3) is 6.70. The number of carbonyl (C=O) groups excluding carboxylic acids is 4. The first-order chi connectivity index (χ1) is 15.3. The molecule has 0 heterocycles. The minimum absolute atomic E-state index is 0.150. The quantitative estimate of drug-likeness (QED) is 0.505. The third-order valence-corrected chi connectivity index (χ3v) is 5.31. The minimum atomic E-state index is -0.783. The van der Waals surface area contributed by atoms with Crippen LogP contribution >= 0.6 is 23.2 Å². The Balaban J connectivity index is 1.34. The van der Waals surface area contributed by atoms with Gasteiger partial charge in [-0.3, -0.25) is 19.2 Å². The summed E-state index contributed by atoms with van der Waals surface area (Å²) in [7, 11) is 0. The lowest BCUT2D eigenvalue weighted by Crippen LogP contribution is -2.39. The number of rotatable bonds is 8. The third-order valence-electron chi connectivity index (χ3n) is 4.76. The van der Waals surface area contributed by atoms with Gasteiger partial charge in [0, 0.05) is 10.7 Å². The lowest BCUT2D eigenvalue weighted by atomic mass is 10.1. The van der Waals surface area contributed by atoms with Gasteiger partial charge in [0.15, 0.2) is 6.61 Å². The van der Waals surface area contributed by atoms with Crippen LogP contribution in [0.2, 0.25) is 10.0 Å². The number of nitrogens with one attached hydrogen (secondary N) is 3. The van der Waals surface area contributed by atoms with Crippen LogP contribution in [0.3, 0.4) is 0 Å². The molecule has 0 spiro atoms. The molecule has 2 aromatic rings. The van der Waals surface area contributed by atoms with E-state index in [1.54, 1.807) is 0 Å². The van der Waals surface area contributed by atoms with Crippen molar-refractivity contribution in [1.82, 2.24) is 10.6 Å². The van der Waals surface area contributed by atoms with Crippen molar-refractivity contribution in [1.29, 1.82) is 0 Å². The van der Waals surface area contributed by atoms with Crippen LogP contribution in [0.1, 0.15) is 27.9 Å². The van der Waals surface area contributed by atoms with E-state index < -0.39 is 36.8 Å². The van der Waals surface area contributed by atoms with Crippen molar-refractivity contribution >= 4 is 52.6 Å². The zero-order chi connectivity index (χ0) is 23.1. The maximum Gasteiger partial charge on any atom is 0.325 e. The zero-order valence-corrected chi connectivity index (χ0v) is 18.5. The number of carbonyl (C=O) groups is 4. The zero-order valence-electron chi connectivity index (χ0n) is 17.0. The number of hydrogen-bond acceptors (Lipinski definition) is 5. The van der Waals surface area contributed by atoms with E-state index in [-0.39, 0.29) is 17.1 Å². The number of esters is 1. The monoisotopic (exact) mass is 477 g/mol. The predicted molar refractivity (Wildman–Crippen MR) is 120 cm³/mol. The first-order valence-electron chi connectivity index (χ1n) is 9.89. The van der Waals surface area contributed by atoms with Crippen LogP contribution in [0.5, 0.6) is 0 Å². The molecule has 3 N–H and O–H groups in total. The molecule has 2 aromatic carbocycles. The largest absolute Gasteiger partial charge is 0.454 e. The van der Waals surface area contributed by atoms with Crippen molar-refractivity contribution in [2.45, 2.75) is 19.3 Å². The highest BCUT2D eigenvalue weighted by Crippen LogP contribution is 2.24. The predicted octanol–water partition coefficient (Wildman–Crippen LogP) is 2.51. The number of hydrogen-bond donors (Lipinski definition) is 3. The van der Waals surface area contributed by atoms with Crippen LogP contribution in [0.15, 0.2) is 36.4 Å². The Labute approximate surface area is 194 Å². The Bertz CT molecular complexity index is 1060. The summed E-state index contributed by atoms with van der Waals surface area (Å²) in [4.78, 5) is 47.6. The lowest BCUT2D eigenvalue weighted by Gasteiger charge is -2.09. The Morgan fingerprint density at radius 2 is 1.66 bits per heavy atom. The molecule has 0 atom stereocenters. The summed E-state index contributed by atoms with van der Waals surface area (Å²) >= 11 is 11.7. The van der Waals surface area contributed by atoms with Crippen molar-refractivity contribution in [2.75, 3.05) is 25.0 Å². The van der Waals surface area contributed by atoms with Gasteiger partial charge in [-0.1, -0.05) is 29.3 Å². The normalized spacial score (nSPS) is 11.9. The number of amides is 3. The topological polar surface area (TPSA) is 114 Å². The highest BCUT2D eigenvalue weighted by Gasteiger charge is 2.15. The summed E-state index contributed by atoms with van der Waals surface area (Å²) in [5, 5.41) is 7.89. The number of ether oxygens (including phenoxy) is 1. The van der Waals surface area contributed by atoms with Crippen LogP contribution in [0, 0.1) is 0 Å². The molecular weight excluding hydrogens is 457 g/mol. The summed E-state index contributed by atoms with van der Waals surface area (Å²) in [5.41, 5.74) is 3.32. The van der Waals surface area contributed by atoms with Crippen molar-refractivity contribution in [3.05, 3.63) is 63.1 Å². The van der Waals surface area contributed by atoms with E-state index in [1.165, 1.54) is 29.3 Å². The molecule has 0 bridgehead atoms. The highest BCUT2D eigenvalue weighted by molar-refractivity contribution is 6.36. The molecule has 0 aliphatic heterocycles. The summed E-state index contributed by atoms with van der Waals surface area (Å²) in [6.45, 7) is -1.29. The summed E-state index contributed by atoms with van der Waals surface area (Å²) < 4.78 is 4.86. The fourth-order valence-corrected chi connectivity index (χ4v) is 3.70. The second-order valence-electron chi connectivity index (χ2n) is 7.13. The molecule has 0 unspecified atom stereocenters. The van der Waals surface area contributed by atoms with Gasteiger partial charge < -0.3 is 20.7 Å². The molecule has 32 heavy (non-hydrogen) atoms. The summed E-state index contributed by atoms with van der Waals surface area (Å²) in [6.07, 6.45) is 3.14. The van der Waals surface area contributed by atoms with E-state index in [0.29, 0.717) is 10.7 Å². The molecule has 3 rings (SSSR count). The van der Waals surface area contributed by atoms with E-state index in [0.717, 1.165) is 19.3 Å². The molecule has 0 saturated carbocycles. The fourth-order valence-electron chi connectivity index (χ4n) is 3.21. The van der Waals surface area contributed by atoms with Crippen LogP contribution in [-0.4, -0.2) is 43.4 Å². The molecule has 1 aliphatic carbocycles. The maximum absolute atomic E-state index is 12.1. The van der Waals surface area contributed by atoms with Crippen molar-refractivity contribution in [3.8, 4) is 0 Å². The van der Waals surface area contributed by atoms with Gasteiger partial charge >= 0.3 is 5.97 Å². The molecule has 168 valence electrons. The molecule has 0 fully saturated rings. The van der Waals surface area contributed by atoms with Gasteiger partial charge in [-0.15, -0.1) is 0 Å². The van der Waals surface area contributed by atoms with Gasteiger partial charge in [0.1, 0.15) is 6.54 Å². The van der Waals surface area contributed by atoms with E-state index in [9.17, 15) is 19.2 Å². The molecular formula is C22H21Cl2N3O5. The number of halogens is 2. The molecule has 0 saturated heterocycles.